The van der Waals surface area contributed by atoms with E-state index < -0.39 is 0 Å². The lowest BCUT2D eigenvalue weighted by Gasteiger charge is -1.97. The molecule has 70 valence electrons. The summed E-state index contributed by atoms with van der Waals surface area (Å²) in [6, 6.07) is 7.32. The number of ether oxygens (including phenoxy) is 1. The minimum atomic E-state index is -0.335. The maximum absolute atomic E-state index is 10.7. The predicted octanol–water partition coefficient (Wildman–Crippen LogP) is 2.79. The molecule has 0 saturated heterocycles. The second kappa shape index (κ2) is 3.68. The van der Waals surface area contributed by atoms with Crippen molar-refractivity contribution in [3.63, 3.8) is 0 Å². The number of allylic oxidation sites excluding steroid dienone is 1. The van der Waals surface area contributed by atoms with E-state index >= 15 is 0 Å². The third-order valence-electron chi connectivity index (χ3n) is 1.76. The van der Waals surface area contributed by atoms with Gasteiger partial charge in [-0.25, -0.2) is 4.79 Å². The molecule has 0 radical (unpaired) electrons. The van der Waals surface area contributed by atoms with Gasteiger partial charge in [0.1, 0.15) is 5.76 Å². The van der Waals surface area contributed by atoms with Crippen molar-refractivity contribution >= 4 is 23.6 Å². The van der Waals surface area contributed by atoms with Gasteiger partial charge in [-0.1, -0.05) is 23.7 Å². The first kappa shape index (κ1) is 9.03. The van der Waals surface area contributed by atoms with Crippen LogP contribution in [0.5, 0.6) is 0 Å². The SMILES string of the molecule is O=C1C=C/C(=C\c2cccc(Cl)c2)O1. The van der Waals surface area contributed by atoms with Crippen molar-refractivity contribution in [1.29, 1.82) is 0 Å². The molecule has 1 aliphatic heterocycles. The second-order valence-electron chi connectivity index (χ2n) is 2.86. The van der Waals surface area contributed by atoms with Crippen molar-refractivity contribution in [2.75, 3.05) is 0 Å². The highest BCUT2D eigenvalue weighted by Gasteiger charge is 2.08. The van der Waals surface area contributed by atoms with Crippen LogP contribution in [-0.4, -0.2) is 5.97 Å². The van der Waals surface area contributed by atoms with Crippen molar-refractivity contribution in [2.45, 2.75) is 0 Å². The number of halogens is 1. The van der Waals surface area contributed by atoms with Crippen molar-refractivity contribution in [1.82, 2.24) is 0 Å². The van der Waals surface area contributed by atoms with Crippen LogP contribution in [0.3, 0.4) is 0 Å². The molecule has 0 aromatic heterocycles. The molecule has 2 rings (SSSR count). The van der Waals surface area contributed by atoms with Crippen LogP contribution in [0.4, 0.5) is 0 Å². The molecule has 1 aromatic carbocycles. The van der Waals surface area contributed by atoms with Crippen LogP contribution in [0.15, 0.2) is 42.2 Å². The van der Waals surface area contributed by atoms with Gasteiger partial charge < -0.3 is 4.74 Å². The average molecular weight is 207 g/mol. The van der Waals surface area contributed by atoms with E-state index in [1.165, 1.54) is 6.08 Å². The zero-order valence-corrected chi connectivity index (χ0v) is 7.99. The van der Waals surface area contributed by atoms with Gasteiger partial charge >= 0.3 is 5.97 Å². The number of hydrogen-bond acceptors (Lipinski definition) is 2. The first-order chi connectivity index (χ1) is 6.74. The molecule has 14 heavy (non-hydrogen) atoms. The number of hydrogen-bond donors (Lipinski definition) is 0. The Hall–Kier alpha value is -1.54. The summed E-state index contributed by atoms with van der Waals surface area (Å²) in [4.78, 5) is 10.7. The zero-order chi connectivity index (χ0) is 9.97. The molecule has 0 bridgehead atoms. The molecule has 0 spiro atoms. The van der Waals surface area contributed by atoms with Crippen molar-refractivity contribution in [3.05, 3.63) is 52.8 Å². The number of carbonyl (C=O) groups excluding carboxylic acids is 1. The van der Waals surface area contributed by atoms with Gasteiger partial charge in [0.05, 0.1) is 0 Å². The first-order valence-electron chi connectivity index (χ1n) is 4.11. The van der Waals surface area contributed by atoms with E-state index in [2.05, 4.69) is 0 Å². The summed E-state index contributed by atoms with van der Waals surface area (Å²) < 4.78 is 4.87. The predicted molar refractivity (Wildman–Crippen MR) is 54.7 cm³/mol. The highest BCUT2D eigenvalue weighted by atomic mass is 35.5. The molecule has 3 heteroatoms. The van der Waals surface area contributed by atoms with E-state index in [1.54, 1.807) is 24.3 Å². The van der Waals surface area contributed by atoms with Gasteiger partial charge in [-0.3, -0.25) is 0 Å². The molecular weight excluding hydrogens is 200 g/mol. The highest BCUT2D eigenvalue weighted by Crippen LogP contribution is 2.17. The number of carbonyl (C=O) groups is 1. The molecule has 1 aliphatic rings. The number of cyclic esters (lactones) is 1. The van der Waals surface area contributed by atoms with Crippen LogP contribution in [0.2, 0.25) is 5.02 Å². The molecule has 2 nitrogen and oxygen atoms in total. The number of benzene rings is 1. The summed E-state index contributed by atoms with van der Waals surface area (Å²) in [5.74, 6) is 0.204. The average Bonchev–Trinajstić information content (AvgIpc) is 2.51. The van der Waals surface area contributed by atoms with Gasteiger partial charge in [0, 0.05) is 11.1 Å². The monoisotopic (exact) mass is 206 g/mol. The van der Waals surface area contributed by atoms with Crippen LogP contribution in [-0.2, 0) is 9.53 Å². The molecular formula is C11H7ClO2. The quantitative estimate of drug-likeness (QED) is 0.661. The number of esters is 1. The first-order valence-corrected chi connectivity index (χ1v) is 4.49. The summed E-state index contributed by atoms with van der Waals surface area (Å²) in [5.41, 5.74) is 0.909. The van der Waals surface area contributed by atoms with E-state index in [0.717, 1.165) is 5.56 Å². The molecule has 0 fully saturated rings. The van der Waals surface area contributed by atoms with Gasteiger partial charge in [-0.15, -0.1) is 0 Å². The van der Waals surface area contributed by atoms with Crippen molar-refractivity contribution in [2.24, 2.45) is 0 Å². The van der Waals surface area contributed by atoms with Crippen molar-refractivity contribution in [3.8, 4) is 0 Å². The summed E-state index contributed by atoms with van der Waals surface area (Å²) in [5, 5.41) is 0.660. The topological polar surface area (TPSA) is 26.3 Å². The molecule has 1 heterocycles. The Kier molecular flexibility index (Phi) is 2.37. The Morgan fingerprint density at radius 2 is 2.14 bits per heavy atom. The third kappa shape index (κ3) is 2.03. The van der Waals surface area contributed by atoms with Gasteiger partial charge in [-0.05, 0) is 29.8 Å². The second-order valence-corrected chi connectivity index (χ2v) is 3.29. The Morgan fingerprint density at radius 1 is 1.29 bits per heavy atom. The molecule has 0 aliphatic carbocycles. The smallest absolute Gasteiger partial charge is 0.336 e. The highest BCUT2D eigenvalue weighted by molar-refractivity contribution is 6.30. The Labute approximate surface area is 86.4 Å². The van der Waals surface area contributed by atoms with E-state index in [4.69, 9.17) is 16.3 Å². The Bertz CT molecular complexity index is 433. The fourth-order valence-corrected chi connectivity index (χ4v) is 1.37. The van der Waals surface area contributed by atoms with Gasteiger partial charge in [0.2, 0.25) is 0 Å². The Morgan fingerprint density at radius 3 is 2.79 bits per heavy atom. The molecule has 0 amide bonds. The standard InChI is InChI=1S/C11H7ClO2/c12-9-3-1-2-8(6-9)7-10-4-5-11(13)14-10/h1-7H/b10-7+. The molecule has 0 N–H and O–H groups in total. The lowest BCUT2D eigenvalue weighted by molar-refractivity contribution is -0.132. The van der Waals surface area contributed by atoms with Crippen LogP contribution >= 0.6 is 11.6 Å². The van der Waals surface area contributed by atoms with Gasteiger partial charge in [0.25, 0.3) is 0 Å². The third-order valence-corrected chi connectivity index (χ3v) is 1.99. The fraction of sp³-hybridized carbons (Fsp3) is 0. The maximum Gasteiger partial charge on any atom is 0.336 e. The Balaban J connectivity index is 2.26. The van der Waals surface area contributed by atoms with Crippen LogP contribution in [0.25, 0.3) is 6.08 Å². The lowest BCUT2D eigenvalue weighted by Crippen LogP contribution is -1.89. The van der Waals surface area contributed by atoms with Crippen LogP contribution < -0.4 is 0 Å². The van der Waals surface area contributed by atoms with Gasteiger partial charge in [-0.2, -0.15) is 0 Å². The summed E-state index contributed by atoms with van der Waals surface area (Å²) in [6.45, 7) is 0. The van der Waals surface area contributed by atoms with Crippen LogP contribution in [0.1, 0.15) is 5.56 Å². The molecule has 0 unspecified atom stereocenters. The van der Waals surface area contributed by atoms with E-state index in [1.807, 2.05) is 12.1 Å². The van der Waals surface area contributed by atoms with Crippen molar-refractivity contribution < 1.29 is 9.53 Å². The minimum Gasteiger partial charge on any atom is -0.423 e. The molecule has 0 atom stereocenters. The van der Waals surface area contributed by atoms with E-state index in [0.29, 0.717) is 10.8 Å². The largest absolute Gasteiger partial charge is 0.423 e. The molecule has 0 saturated carbocycles. The summed E-state index contributed by atoms with van der Waals surface area (Å²) in [7, 11) is 0. The van der Waals surface area contributed by atoms with E-state index in [9.17, 15) is 4.79 Å². The zero-order valence-electron chi connectivity index (χ0n) is 7.24. The normalized spacial score (nSPS) is 17.5. The minimum absolute atomic E-state index is 0.335. The maximum atomic E-state index is 10.7. The fourth-order valence-electron chi connectivity index (χ4n) is 1.17. The molecule has 1 aromatic rings. The summed E-state index contributed by atoms with van der Waals surface area (Å²) in [6.07, 6.45) is 4.77. The van der Waals surface area contributed by atoms with E-state index in [-0.39, 0.29) is 5.97 Å². The van der Waals surface area contributed by atoms with Gasteiger partial charge in [0.15, 0.2) is 0 Å². The number of rotatable bonds is 1. The summed E-state index contributed by atoms with van der Waals surface area (Å²) >= 11 is 5.80. The van der Waals surface area contributed by atoms with Crippen LogP contribution in [0, 0.1) is 0 Å². The lowest BCUT2D eigenvalue weighted by atomic mass is 10.2.